The SMILES string of the molecule is COCCC[C@]1(CO)CCCN(C(=O)CC(F)(F)F)C1. The minimum Gasteiger partial charge on any atom is -0.396 e. The Balaban J connectivity index is 2.61. The van der Waals surface area contributed by atoms with Gasteiger partial charge in [0.2, 0.25) is 5.91 Å². The van der Waals surface area contributed by atoms with Crippen LogP contribution in [0.25, 0.3) is 0 Å². The van der Waals surface area contributed by atoms with E-state index in [1.807, 2.05) is 0 Å². The van der Waals surface area contributed by atoms with Crippen LogP contribution in [-0.2, 0) is 9.53 Å². The highest BCUT2D eigenvalue weighted by atomic mass is 19.4. The largest absolute Gasteiger partial charge is 0.397 e. The molecule has 1 amide bonds. The lowest BCUT2D eigenvalue weighted by molar-refractivity contribution is -0.164. The van der Waals surface area contributed by atoms with Crippen LogP contribution in [0.5, 0.6) is 0 Å². The standard InChI is InChI=1S/C13H22F3NO3/c1-20-7-3-5-12(10-18)4-2-6-17(9-12)11(19)8-13(14,15)16/h18H,2-10H2,1H3/t12-/m1/s1. The van der Waals surface area contributed by atoms with Crippen molar-refractivity contribution in [2.24, 2.45) is 5.41 Å². The van der Waals surface area contributed by atoms with E-state index < -0.39 is 23.9 Å². The van der Waals surface area contributed by atoms with Crippen molar-refractivity contribution in [2.45, 2.75) is 38.3 Å². The number of likely N-dealkylation sites (tertiary alicyclic amines) is 1. The topological polar surface area (TPSA) is 49.8 Å². The predicted octanol–water partition coefficient (Wildman–Crippen LogP) is 1.97. The average molecular weight is 297 g/mol. The molecule has 1 rings (SSSR count). The smallest absolute Gasteiger partial charge is 0.396 e. The number of nitrogens with zero attached hydrogens (tertiary/aromatic N) is 1. The van der Waals surface area contributed by atoms with Crippen molar-refractivity contribution in [3.63, 3.8) is 0 Å². The zero-order valence-corrected chi connectivity index (χ0v) is 11.7. The maximum Gasteiger partial charge on any atom is 0.397 e. The number of carbonyl (C=O) groups is 1. The van der Waals surface area contributed by atoms with E-state index in [1.54, 1.807) is 7.11 Å². The normalized spacial score (nSPS) is 23.9. The van der Waals surface area contributed by atoms with Gasteiger partial charge < -0.3 is 14.7 Å². The van der Waals surface area contributed by atoms with Crippen LogP contribution >= 0.6 is 0 Å². The lowest BCUT2D eigenvalue weighted by atomic mass is 9.77. The van der Waals surface area contributed by atoms with Crippen molar-refractivity contribution in [1.82, 2.24) is 4.90 Å². The molecule has 0 aromatic heterocycles. The molecule has 7 heteroatoms. The number of hydrogen-bond donors (Lipinski definition) is 1. The highest BCUT2D eigenvalue weighted by Crippen LogP contribution is 2.35. The second kappa shape index (κ2) is 7.26. The molecule has 0 saturated carbocycles. The van der Waals surface area contributed by atoms with Gasteiger partial charge in [-0.1, -0.05) is 0 Å². The number of aliphatic hydroxyl groups is 1. The summed E-state index contributed by atoms with van der Waals surface area (Å²) in [7, 11) is 1.58. The highest BCUT2D eigenvalue weighted by Gasteiger charge is 2.39. The van der Waals surface area contributed by atoms with Gasteiger partial charge >= 0.3 is 6.18 Å². The minimum absolute atomic E-state index is 0.119. The first-order valence-corrected chi connectivity index (χ1v) is 6.76. The Bertz CT molecular complexity index is 322. The molecule has 0 aromatic rings. The number of halogens is 3. The van der Waals surface area contributed by atoms with Crippen LogP contribution in [0, 0.1) is 5.41 Å². The Morgan fingerprint density at radius 1 is 1.45 bits per heavy atom. The molecule has 118 valence electrons. The van der Waals surface area contributed by atoms with Crippen LogP contribution in [0.4, 0.5) is 13.2 Å². The first-order chi connectivity index (χ1) is 9.32. The maximum atomic E-state index is 12.3. The van der Waals surface area contributed by atoms with Crippen molar-refractivity contribution in [2.75, 3.05) is 33.4 Å². The molecule has 1 fully saturated rings. The third-order valence-corrected chi connectivity index (χ3v) is 3.76. The molecule has 0 spiro atoms. The Kier molecular flexibility index (Phi) is 6.26. The molecule has 1 atom stereocenters. The fraction of sp³-hybridized carbons (Fsp3) is 0.923. The van der Waals surface area contributed by atoms with Crippen LogP contribution in [0.15, 0.2) is 0 Å². The summed E-state index contributed by atoms with van der Waals surface area (Å²) in [6.45, 7) is 0.952. The Morgan fingerprint density at radius 2 is 2.15 bits per heavy atom. The summed E-state index contributed by atoms with van der Waals surface area (Å²) in [5, 5.41) is 9.57. The zero-order chi connectivity index (χ0) is 15.2. The summed E-state index contributed by atoms with van der Waals surface area (Å²) < 4.78 is 41.8. The number of alkyl halides is 3. The van der Waals surface area contributed by atoms with Crippen molar-refractivity contribution in [3.05, 3.63) is 0 Å². The summed E-state index contributed by atoms with van der Waals surface area (Å²) in [6.07, 6.45) is -3.19. The van der Waals surface area contributed by atoms with Gasteiger partial charge in [0.15, 0.2) is 0 Å². The predicted molar refractivity (Wildman–Crippen MR) is 67.1 cm³/mol. The van der Waals surface area contributed by atoms with E-state index in [1.165, 1.54) is 4.90 Å². The van der Waals surface area contributed by atoms with E-state index in [-0.39, 0.29) is 13.2 Å². The molecular formula is C13H22F3NO3. The average Bonchev–Trinajstić information content (AvgIpc) is 2.37. The van der Waals surface area contributed by atoms with Crippen molar-refractivity contribution >= 4 is 5.91 Å². The molecule has 0 radical (unpaired) electrons. The van der Waals surface area contributed by atoms with Gasteiger partial charge in [0.05, 0.1) is 6.61 Å². The second-order valence-electron chi connectivity index (χ2n) is 5.47. The fourth-order valence-corrected chi connectivity index (χ4v) is 2.71. The monoisotopic (exact) mass is 297 g/mol. The Hall–Kier alpha value is -0.820. The van der Waals surface area contributed by atoms with E-state index in [0.717, 1.165) is 12.8 Å². The molecule has 0 aliphatic carbocycles. The number of piperidine rings is 1. The molecule has 0 unspecified atom stereocenters. The van der Waals surface area contributed by atoms with E-state index in [0.29, 0.717) is 26.0 Å². The lowest BCUT2D eigenvalue weighted by Gasteiger charge is -2.42. The van der Waals surface area contributed by atoms with E-state index >= 15 is 0 Å². The molecule has 4 nitrogen and oxygen atoms in total. The summed E-state index contributed by atoms with van der Waals surface area (Å²) in [5.41, 5.74) is -0.488. The van der Waals surface area contributed by atoms with Crippen molar-refractivity contribution in [1.29, 1.82) is 0 Å². The first kappa shape index (κ1) is 17.2. The van der Waals surface area contributed by atoms with E-state index in [2.05, 4.69) is 0 Å². The number of hydrogen-bond acceptors (Lipinski definition) is 3. The quantitative estimate of drug-likeness (QED) is 0.763. The van der Waals surface area contributed by atoms with Crippen LogP contribution < -0.4 is 0 Å². The number of amides is 1. The fourth-order valence-electron chi connectivity index (χ4n) is 2.71. The Morgan fingerprint density at radius 3 is 2.70 bits per heavy atom. The van der Waals surface area contributed by atoms with Gasteiger partial charge in [-0.2, -0.15) is 13.2 Å². The lowest BCUT2D eigenvalue weighted by Crippen LogP contribution is -2.48. The van der Waals surface area contributed by atoms with E-state index in [9.17, 15) is 23.1 Å². The number of carbonyl (C=O) groups excluding carboxylic acids is 1. The number of methoxy groups -OCH3 is 1. The summed E-state index contributed by atoms with van der Waals surface area (Å²) >= 11 is 0. The number of ether oxygens (including phenoxy) is 1. The molecule has 20 heavy (non-hydrogen) atoms. The van der Waals surface area contributed by atoms with Gasteiger partial charge in [0, 0.05) is 32.2 Å². The second-order valence-corrected chi connectivity index (χ2v) is 5.47. The molecule has 1 heterocycles. The van der Waals surface area contributed by atoms with Gasteiger partial charge in [-0.15, -0.1) is 0 Å². The van der Waals surface area contributed by atoms with Gasteiger partial charge in [-0.25, -0.2) is 0 Å². The summed E-state index contributed by atoms with van der Waals surface area (Å²) in [6, 6.07) is 0. The molecule has 0 aromatic carbocycles. The van der Waals surface area contributed by atoms with Crippen LogP contribution in [0.1, 0.15) is 32.1 Å². The maximum absolute atomic E-state index is 12.3. The molecule has 0 bridgehead atoms. The summed E-state index contributed by atoms with van der Waals surface area (Å²) in [4.78, 5) is 12.9. The van der Waals surface area contributed by atoms with Crippen LogP contribution in [0.3, 0.4) is 0 Å². The number of aliphatic hydroxyl groups excluding tert-OH is 1. The minimum atomic E-state index is -4.48. The van der Waals surface area contributed by atoms with Crippen LogP contribution in [-0.4, -0.2) is 55.5 Å². The Labute approximate surface area is 116 Å². The molecule has 1 N–H and O–H groups in total. The van der Waals surface area contributed by atoms with Crippen LogP contribution in [0.2, 0.25) is 0 Å². The molecule has 1 aliphatic heterocycles. The third kappa shape index (κ3) is 5.28. The summed E-state index contributed by atoms with van der Waals surface area (Å²) in [5.74, 6) is -0.901. The molecular weight excluding hydrogens is 275 g/mol. The number of rotatable bonds is 6. The van der Waals surface area contributed by atoms with Crippen molar-refractivity contribution in [3.8, 4) is 0 Å². The van der Waals surface area contributed by atoms with E-state index in [4.69, 9.17) is 4.74 Å². The zero-order valence-electron chi connectivity index (χ0n) is 11.7. The van der Waals surface area contributed by atoms with Gasteiger partial charge in [-0.05, 0) is 25.7 Å². The molecule has 1 aliphatic rings. The first-order valence-electron chi connectivity index (χ1n) is 6.76. The van der Waals surface area contributed by atoms with Gasteiger partial charge in [0.25, 0.3) is 0 Å². The van der Waals surface area contributed by atoms with Crippen molar-refractivity contribution < 1.29 is 27.8 Å². The van der Waals surface area contributed by atoms with Gasteiger partial charge in [-0.3, -0.25) is 4.79 Å². The third-order valence-electron chi connectivity index (χ3n) is 3.76. The van der Waals surface area contributed by atoms with Gasteiger partial charge in [0.1, 0.15) is 6.42 Å². The highest BCUT2D eigenvalue weighted by molar-refractivity contribution is 5.77. The molecule has 1 saturated heterocycles.